The number of aromatic hydroxyl groups is 1. The fraction of sp³-hybridized carbons (Fsp3) is 0.429. The molecule has 0 bridgehead atoms. The molecule has 0 radical (unpaired) electrons. The first-order chi connectivity index (χ1) is 10.2. The highest BCUT2D eigenvalue weighted by Gasteiger charge is 2.63. The van der Waals surface area contributed by atoms with Gasteiger partial charge < -0.3 is 10.2 Å². The number of benzene rings is 1. The molecule has 2 rings (SSSR count). The highest BCUT2D eigenvalue weighted by Crippen LogP contribution is 2.41. The molecule has 1 aliphatic heterocycles. The van der Waals surface area contributed by atoms with Crippen LogP contribution in [0.3, 0.4) is 0 Å². The van der Waals surface area contributed by atoms with Crippen molar-refractivity contribution >= 4 is 11.6 Å². The van der Waals surface area contributed by atoms with Crippen LogP contribution in [-0.4, -0.2) is 38.7 Å². The number of carbonyl (C=O) groups is 1. The van der Waals surface area contributed by atoms with Gasteiger partial charge in [-0.2, -0.15) is 23.3 Å². The van der Waals surface area contributed by atoms with Gasteiger partial charge in [0.1, 0.15) is 5.75 Å². The number of hydrazone groups is 1. The third-order valence-electron chi connectivity index (χ3n) is 3.32. The first kappa shape index (κ1) is 16.3. The summed E-state index contributed by atoms with van der Waals surface area (Å²) in [5.41, 5.74) is -3.44. The van der Waals surface area contributed by atoms with E-state index in [1.807, 2.05) is 0 Å². The number of amides is 1. The maximum atomic E-state index is 13.2. The van der Waals surface area contributed by atoms with Gasteiger partial charge >= 0.3 is 6.18 Å². The van der Waals surface area contributed by atoms with Crippen molar-refractivity contribution in [2.24, 2.45) is 5.10 Å². The van der Waals surface area contributed by atoms with Crippen LogP contribution in [-0.2, 0) is 0 Å². The van der Waals surface area contributed by atoms with Crippen molar-refractivity contribution in [3.05, 3.63) is 29.8 Å². The number of rotatable bonds is 3. The van der Waals surface area contributed by atoms with Crippen LogP contribution in [0, 0.1) is 0 Å². The lowest BCUT2D eigenvalue weighted by atomic mass is 10.0. The molecule has 8 heteroatoms. The topological polar surface area (TPSA) is 73.1 Å². The molecule has 120 valence electrons. The minimum Gasteiger partial charge on any atom is -0.508 e. The number of halogens is 3. The van der Waals surface area contributed by atoms with Crippen LogP contribution in [0.15, 0.2) is 29.4 Å². The molecule has 1 heterocycles. The molecule has 1 amide bonds. The molecule has 0 saturated carbocycles. The molecular weight excluding hydrogens is 301 g/mol. The molecule has 1 aromatic rings. The minimum absolute atomic E-state index is 0.0623. The second-order valence-electron chi connectivity index (χ2n) is 5.07. The van der Waals surface area contributed by atoms with Crippen molar-refractivity contribution in [2.75, 3.05) is 0 Å². The number of aliphatic hydroxyl groups is 1. The van der Waals surface area contributed by atoms with Crippen LogP contribution in [0.1, 0.15) is 36.5 Å². The highest BCUT2D eigenvalue weighted by molar-refractivity contribution is 5.98. The molecule has 0 aliphatic carbocycles. The summed E-state index contributed by atoms with van der Waals surface area (Å²) in [5.74, 6) is -1.39. The number of hydrogen-bond acceptors (Lipinski definition) is 4. The SMILES string of the molecule is CCCC1=NN(C(=O)c2cccc(O)c2)[C@@](O)(C(F)(F)F)C1. The van der Waals surface area contributed by atoms with Gasteiger partial charge in [-0.25, -0.2) is 0 Å². The molecule has 0 saturated heterocycles. The summed E-state index contributed by atoms with van der Waals surface area (Å²) >= 11 is 0. The van der Waals surface area contributed by atoms with Crippen molar-refractivity contribution in [2.45, 2.75) is 38.1 Å². The Morgan fingerprint density at radius 2 is 2.14 bits per heavy atom. The van der Waals surface area contributed by atoms with Crippen LogP contribution in [0.2, 0.25) is 0 Å². The van der Waals surface area contributed by atoms with Gasteiger partial charge in [-0.05, 0) is 24.6 Å². The van der Waals surface area contributed by atoms with Crippen LogP contribution < -0.4 is 0 Å². The molecule has 2 N–H and O–H groups in total. The lowest BCUT2D eigenvalue weighted by Crippen LogP contribution is -2.56. The lowest BCUT2D eigenvalue weighted by Gasteiger charge is -2.32. The van der Waals surface area contributed by atoms with Gasteiger partial charge in [-0.15, -0.1) is 0 Å². The summed E-state index contributed by atoms with van der Waals surface area (Å²) in [6.45, 7) is 1.76. The zero-order valence-corrected chi connectivity index (χ0v) is 11.8. The summed E-state index contributed by atoms with van der Waals surface area (Å²) in [6, 6.07) is 4.86. The van der Waals surface area contributed by atoms with Gasteiger partial charge in [-0.1, -0.05) is 19.4 Å². The monoisotopic (exact) mass is 316 g/mol. The first-order valence-corrected chi connectivity index (χ1v) is 6.68. The summed E-state index contributed by atoms with van der Waals surface area (Å²) in [4.78, 5) is 12.3. The maximum Gasteiger partial charge on any atom is 0.438 e. The maximum absolute atomic E-state index is 13.2. The van der Waals surface area contributed by atoms with Crippen LogP contribution in [0.5, 0.6) is 5.75 Å². The summed E-state index contributed by atoms with van der Waals surface area (Å²) in [5, 5.41) is 23.0. The number of phenols is 1. The molecular formula is C14H15F3N2O3. The lowest BCUT2D eigenvalue weighted by molar-refractivity contribution is -0.297. The van der Waals surface area contributed by atoms with E-state index in [0.29, 0.717) is 6.42 Å². The molecule has 0 unspecified atom stereocenters. The molecule has 22 heavy (non-hydrogen) atoms. The molecule has 1 atom stereocenters. The Kier molecular flexibility index (Phi) is 4.15. The Labute approximate surface area is 124 Å². The van der Waals surface area contributed by atoms with E-state index in [1.165, 1.54) is 18.2 Å². The molecule has 1 aliphatic rings. The van der Waals surface area contributed by atoms with Crippen molar-refractivity contribution in [3.63, 3.8) is 0 Å². The average Bonchev–Trinajstić information content (AvgIpc) is 2.76. The summed E-state index contributed by atoms with van der Waals surface area (Å²) < 4.78 is 39.6. The van der Waals surface area contributed by atoms with E-state index in [1.54, 1.807) is 6.92 Å². The highest BCUT2D eigenvalue weighted by atomic mass is 19.4. The molecule has 5 nitrogen and oxygen atoms in total. The molecule has 0 fully saturated rings. The second-order valence-corrected chi connectivity index (χ2v) is 5.07. The van der Waals surface area contributed by atoms with E-state index in [-0.39, 0.29) is 28.5 Å². The zero-order valence-electron chi connectivity index (χ0n) is 11.8. The minimum atomic E-state index is -5.04. The van der Waals surface area contributed by atoms with E-state index in [2.05, 4.69) is 5.10 Å². The van der Waals surface area contributed by atoms with Crippen molar-refractivity contribution in [1.29, 1.82) is 0 Å². The summed E-state index contributed by atoms with van der Waals surface area (Å²) in [7, 11) is 0. The van der Waals surface area contributed by atoms with E-state index in [9.17, 15) is 28.2 Å². The van der Waals surface area contributed by atoms with Crippen LogP contribution >= 0.6 is 0 Å². The quantitative estimate of drug-likeness (QED) is 0.900. The largest absolute Gasteiger partial charge is 0.508 e. The summed E-state index contributed by atoms with van der Waals surface area (Å²) in [6.07, 6.45) is -5.02. The number of alkyl halides is 3. The van der Waals surface area contributed by atoms with Crippen molar-refractivity contribution in [1.82, 2.24) is 5.01 Å². The van der Waals surface area contributed by atoms with E-state index >= 15 is 0 Å². The standard InChI is InChI=1S/C14H15F3N2O3/c1-2-4-10-8-13(22,14(15,16)17)19(18-10)12(21)9-5-3-6-11(20)7-9/h3,5-7,20,22H,2,4,8H2,1H3/t13-/m0/s1. The van der Waals surface area contributed by atoms with Gasteiger partial charge in [0.15, 0.2) is 0 Å². The normalized spacial score (nSPS) is 21.9. The number of nitrogens with zero attached hydrogens (tertiary/aromatic N) is 2. The van der Waals surface area contributed by atoms with E-state index < -0.39 is 24.2 Å². The predicted octanol–water partition coefficient (Wildman–Crippen LogP) is 2.65. The Bertz CT molecular complexity index is 616. The van der Waals surface area contributed by atoms with Gasteiger partial charge in [0.05, 0.1) is 0 Å². The Morgan fingerprint density at radius 3 is 2.68 bits per heavy atom. The fourth-order valence-electron chi connectivity index (χ4n) is 2.24. The Hall–Kier alpha value is -2.09. The smallest absolute Gasteiger partial charge is 0.438 e. The number of hydrogen-bond donors (Lipinski definition) is 2. The van der Waals surface area contributed by atoms with Gasteiger partial charge in [0.25, 0.3) is 11.6 Å². The third kappa shape index (κ3) is 2.78. The van der Waals surface area contributed by atoms with Gasteiger partial charge in [0.2, 0.25) is 0 Å². The predicted molar refractivity (Wildman–Crippen MR) is 72.2 cm³/mol. The Morgan fingerprint density at radius 1 is 1.45 bits per heavy atom. The number of carbonyl (C=O) groups excluding carboxylic acids is 1. The fourth-order valence-corrected chi connectivity index (χ4v) is 2.24. The average molecular weight is 316 g/mol. The van der Waals surface area contributed by atoms with Gasteiger partial charge in [-0.3, -0.25) is 4.79 Å². The van der Waals surface area contributed by atoms with Gasteiger partial charge in [0, 0.05) is 17.7 Å². The van der Waals surface area contributed by atoms with Crippen LogP contribution in [0.25, 0.3) is 0 Å². The van der Waals surface area contributed by atoms with Crippen molar-refractivity contribution in [3.8, 4) is 5.75 Å². The number of phenolic OH excluding ortho intramolecular Hbond substituents is 1. The second kappa shape index (κ2) is 5.60. The molecule has 0 aromatic heterocycles. The molecule has 1 aromatic carbocycles. The van der Waals surface area contributed by atoms with Crippen LogP contribution in [0.4, 0.5) is 13.2 Å². The molecule has 0 spiro atoms. The van der Waals surface area contributed by atoms with E-state index in [4.69, 9.17) is 0 Å². The third-order valence-corrected chi connectivity index (χ3v) is 3.32. The van der Waals surface area contributed by atoms with E-state index in [0.717, 1.165) is 6.07 Å². The first-order valence-electron chi connectivity index (χ1n) is 6.68. The van der Waals surface area contributed by atoms with Crippen molar-refractivity contribution < 1.29 is 28.2 Å². The zero-order chi connectivity index (χ0) is 16.5. The Balaban J connectivity index is 2.41.